The van der Waals surface area contributed by atoms with Gasteiger partial charge in [-0.1, -0.05) is 42.5 Å². The highest BCUT2D eigenvalue weighted by Gasteiger charge is 2.27. The largest absolute Gasteiger partial charge is 0.472 e. The maximum atomic E-state index is 12.5. The minimum atomic E-state index is -0.0576. The number of hydrogen-bond donors (Lipinski definition) is 1. The van der Waals surface area contributed by atoms with Crippen LogP contribution in [0.15, 0.2) is 65.3 Å². The molecule has 0 spiro atoms. The van der Waals surface area contributed by atoms with Gasteiger partial charge in [-0.3, -0.25) is 0 Å². The van der Waals surface area contributed by atoms with E-state index in [-0.39, 0.29) is 12.1 Å². The number of rotatable bonds is 4. The molecule has 5 nitrogen and oxygen atoms in total. The molecule has 1 unspecified atom stereocenters. The molecule has 0 aliphatic carbocycles. The van der Waals surface area contributed by atoms with Crippen LogP contribution < -0.4 is 10.1 Å². The fourth-order valence-electron chi connectivity index (χ4n) is 3.34. The lowest BCUT2D eigenvalue weighted by molar-refractivity contribution is 0.183. The average molecular weight is 426 g/mol. The van der Waals surface area contributed by atoms with E-state index in [1.165, 1.54) is 10.8 Å². The second kappa shape index (κ2) is 7.96. The molecule has 1 aromatic heterocycles. The van der Waals surface area contributed by atoms with Gasteiger partial charge in [0, 0.05) is 36.2 Å². The number of nitrogens with one attached hydrogen (secondary N) is 1. The Bertz CT molecular complexity index is 940. The fourth-order valence-corrected chi connectivity index (χ4v) is 3.58. The number of carbonyl (C=O) groups is 1. The summed E-state index contributed by atoms with van der Waals surface area (Å²) in [4.78, 5) is 18.6. The SMILES string of the molecule is O=C(NCc1cccc2ccccc12)N1CCC(Oc2ccc(Br)cn2)C1. The van der Waals surface area contributed by atoms with E-state index in [4.69, 9.17) is 4.74 Å². The Kier molecular flexibility index (Phi) is 5.25. The molecule has 1 saturated heterocycles. The van der Waals surface area contributed by atoms with Gasteiger partial charge in [0.1, 0.15) is 6.10 Å². The van der Waals surface area contributed by atoms with Gasteiger partial charge >= 0.3 is 6.03 Å². The first-order valence-electron chi connectivity index (χ1n) is 8.97. The number of hydrogen-bond acceptors (Lipinski definition) is 3. The van der Waals surface area contributed by atoms with Crippen molar-refractivity contribution in [2.24, 2.45) is 0 Å². The van der Waals surface area contributed by atoms with E-state index in [1.807, 2.05) is 30.3 Å². The molecule has 2 heterocycles. The topological polar surface area (TPSA) is 54.5 Å². The number of amides is 2. The van der Waals surface area contributed by atoms with Crippen LogP contribution in [0.1, 0.15) is 12.0 Å². The average Bonchev–Trinajstić information content (AvgIpc) is 3.16. The fraction of sp³-hybridized carbons (Fsp3) is 0.238. The minimum absolute atomic E-state index is 0.0259. The zero-order chi connectivity index (χ0) is 18.6. The van der Waals surface area contributed by atoms with Crippen molar-refractivity contribution in [3.05, 3.63) is 70.8 Å². The smallest absolute Gasteiger partial charge is 0.317 e. The first-order chi connectivity index (χ1) is 13.2. The number of benzene rings is 2. The number of carbonyl (C=O) groups excluding carboxylic acids is 1. The highest BCUT2D eigenvalue weighted by atomic mass is 79.9. The summed E-state index contributed by atoms with van der Waals surface area (Å²) in [7, 11) is 0. The summed E-state index contributed by atoms with van der Waals surface area (Å²) in [6.07, 6.45) is 2.49. The summed E-state index contributed by atoms with van der Waals surface area (Å²) in [5.74, 6) is 0.584. The second-order valence-corrected chi connectivity index (χ2v) is 7.50. The van der Waals surface area contributed by atoms with Crippen LogP contribution in [0.5, 0.6) is 5.88 Å². The van der Waals surface area contributed by atoms with Crippen molar-refractivity contribution in [3.63, 3.8) is 0 Å². The van der Waals surface area contributed by atoms with Crippen LogP contribution in [0.3, 0.4) is 0 Å². The zero-order valence-electron chi connectivity index (χ0n) is 14.8. The molecule has 0 bridgehead atoms. The van der Waals surface area contributed by atoms with Crippen LogP contribution in [-0.2, 0) is 6.54 Å². The van der Waals surface area contributed by atoms with Crippen molar-refractivity contribution in [2.75, 3.05) is 13.1 Å². The molecule has 1 N–H and O–H groups in total. The number of likely N-dealkylation sites (tertiary alicyclic amines) is 1. The molecule has 0 radical (unpaired) electrons. The first kappa shape index (κ1) is 17.8. The van der Waals surface area contributed by atoms with Gasteiger partial charge in [-0.2, -0.15) is 0 Å². The summed E-state index contributed by atoms with van der Waals surface area (Å²) in [6.45, 7) is 1.76. The van der Waals surface area contributed by atoms with Crippen molar-refractivity contribution in [2.45, 2.75) is 19.1 Å². The molecule has 1 atom stereocenters. The number of ether oxygens (including phenoxy) is 1. The van der Waals surface area contributed by atoms with E-state index >= 15 is 0 Å². The predicted molar refractivity (Wildman–Crippen MR) is 109 cm³/mol. The summed E-state index contributed by atoms with van der Waals surface area (Å²) in [5, 5.41) is 5.39. The van der Waals surface area contributed by atoms with Crippen LogP contribution in [0, 0.1) is 0 Å². The Morgan fingerprint density at radius 1 is 1.19 bits per heavy atom. The van der Waals surface area contributed by atoms with Gasteiger partial charge in [-0.15, -0.1) is 0 Å². The molecule has 0 saturated carbocycles. The first-order valence-corrected chi connectivity index (χ1v) is 9.76. The molecule has 6 heteroatoms. The van der Waals surface area contributed by atoms with Gasteiger partial charge in [0.2, 0.25) is 5.88 Å². The van der Waals surface area contributed by atoms with Crippen molar-refractivity contribution >= 4 is 32.7 Å². The molecule has 27 heavy (non-hydrogen) atoms. The molecular weight excluding hydrogens is 406 g/mol. The predicted octanol–water partition coefficient (Wildman–Crippen LogP) is 4.36. The Morgan fingerprint density at radius 2 is 2.04 bits per heavy atom. The van der Waals surface area contributed by atoms with Gasteiger partial charge in [-0.25, -0.2) is 9.78 Å². The molecular formula is C21H20BrN3O2. The number of halogens is 1. The third-order valence-corrected chi connectivity index (χ3v) is 5.20. The van der Waals surface area contributed by atoms with E-state index in [0.29, 0.717) is 25.5 Å². The number of nitrogens with zero attached hydrogens (tertiary/aromatic N) is 2. The summed E-state index contributed by atoms with van der Waals surface area (Å²) in [5.41, 5.74) is 1.12. The van der Waals surface area contributed by atoms with Gasteiger partial charge in [-0.05, 0) is 38.3 Å². The van der Waals surface area contributed by atoms with Crippen molar-refractivity contribution in [1.29, 1.82) is 0 Å². The normalized spacial score (nSPS) is 16.5. The highest BCUT2D eigenvalue weighted by Crippen LogP contribution is 2.20. The monoisotopic (exact) mass is 425 g/mol. The van der Waals surface area contributed by atoms with Crippen molar-refractivity contribution < 1.29 is 9.53 Å². The molecule has 3 aromatic rings. The molecule has 2 amide bonds. The minimum Gasteiger partial charge on any atom is -0.472 e. The summed E-state index contributed by atoms with van der Waals surface area (Å²) >= 11 is 3.36. The van der Waals surface area contributed by atoms with Crippen LogP contribution >= 0.6 is 15.9 Å². The molecule has 2 aromatic carbocycles. The standard InChI is InChI=1S/C21H20BrN3O2/c22-17-8-9-20(23-13-17)27-18-10-11-25(14-18)21(26)24-12-16-6-3-5-15-4-1-2-7-19(15)16/h1-9,13,18H,10-12,14H2,(H,24,26). The van der Waals surface area contributed by atoms with Crippen LogP contribution in [0.2, 0.25) is 0 Å². The van der Waals surface area contributed by atoms with Crippen LogP contribution in [0.4, 0.5) is 4.79 Å². The lowest BCUT2D eigenvalue weighted by Crippen LogP contribution is -2.39. The molecule has 138 valence electrons. The van der Waals surface area contributed by atoms with Gasteiger partial charge in [0.05, 0.1) is 6.54 Å². The third-order valence-electron chi connectivity index (χ3n) is 4.73. The summed E-state index contributed by atoms with van der Waals surface area (Å²) in [6, 6.07) is 18.0. The lowest BCUT2D eigenvalue weighted by Gasteiger charge is -2.18. The van der Waals surface area contributed by atoms with Crippen molar-refractivity contribution in [3.8, 4) is 5.88 Å². The van der Waals surface area contributed by atoms with Gasteiger partial charge < -0.3 is 15.0 Å². The summed E-state index contributed by atoms with van der Waals surface area (Å²) < 4.78 is 6.79. The van der Waals surface area contributed by atoms with Crippen LogP contribution in [-0.4, -0.2) is 35.1 Å². The highest BCUT2D eigenvalue weighted by molar-refractivity contribution is 9.10. The Balaban J connectivity index is 1.33. The third kappa shape index (κ3) is 4.22. The van der Waals surface area contributed by atoms with E-state index < -0.39 is 0 Å². The van der Waals surface area contributed by atoms with Crippen molar-refractivity contribution in [1.82, 2.24) is 15.2 Å². The van der Waals surface area contributed by atoms with Crippen LogP contribution in [0.25, 0.3) is 10.8 Å². The molecule has 4 rings (SSSR count). The lowest BCUT2D eigenvalue weighted by atomic mass is 10.0. The Morgan fingerprint density at radius 3 is 2.89 bits per heavy atom. The molecule has 1 fully saturated rings. The van der Waals surface area contributed by atoms with E-state index in [1.54, 1.807) is 11.1 Å². The maximum Gasteiger partial charge on any atom is 0.317 e. The zero-order valence-corrected chi connectivity index (χ0v) is 16.4. The Hall–Kier alpha value is -2.60. The second-order valence-electron chi connectivity index (χ2n) is 6.59. The van der Waals surface area contributed by atoms with Gasteiger partial charge in [0.15, 0.2) is 0 Å². The van der Waals surface area contributed by atoms with E-state index in [2.05, 4.69) is 50.5 Å². The number of aromatic nitrogens is 1. The number of pyridine rings is 1. The molecule has 1 aliphatic rings. The van der Waals surface area contributed by atoms with E-state index in [0.717, 1.165) is 16.5 Å². The number of fused-ring (bicyclic) bond motifs is 1. The van der Waals surface area contributed by atoms with Gasteiger partial charge in [0.25, 0.3) is 0 Å². The Labute approximate surface area is 166 Å². The maximum absolute atomic E-state index is 12.5. The quantitative estimate of drug-likeness (QED) is 0.675. The number of urea groups is 1. The van der Waals surface area contributed by atoms with E-state index in [9.17, 15) is 4.79 Å². The molecule has 1 aliphatic heterocycles.